The van der Waals surface area contributed by atoms with E-state index in [0.29, 0.717) is 6.04 Å². The predicted octanol–water partition coefficient (Wildman–Crippen LogP) is 0.941. The molecule has 1 saturated heterocycles. The fourth-order valence-electron chi connectivity index (χ4n) is 1.67. The largest absolute Gasteiger partial charge is 0.313 e. The first-order chi connectivity index (χ1) is 6.86. The van der Waals surface area contributed by atoms with E-state index in [9.17, 15) is 4.21 Å². The first-order valence-electron chi connectivity index (χ1n) is 4.88. The number of hydrogen-bond donors (Lipinski definition) is 1. The van der Waals surface area contributed by atoms with Crippen molar-refractivity contribution in [3.05, 3.63) is 24.5 Å². The number of nitrogens with one attached hydrogen (secondary N) is 1. The summed E-state index contributed by atoms with van der Waals surface area (Å²) >= 11 is 0. The summed E-state index contributed by atoms with van der Waals surface area (Å²) < 4.78 is 11.8. The van der Waals surface area contributed by atoms with Crippen LogP contribution in [-0.2, 0) is 10.8 Å². The molecule has 1 fully saturated rings. The van der Waals surface area contributed by atoms with Crippen LogP contribution in [0.4, 0.5) is 0 Å². The highest BCUT2D eigenvalue weighted by Gasteiger charge is 2.17. The molecule has 1 aromatic rings. The highest BCUT2D eigenvalue weighted by Crippen LogP contribution is 2.11. The lowest BCUT2D eigenvalue weighted by atomic mass is 10.3. The summed E-state index contributed by atoms with van der Waals surface area (Å²) in [6, 6.07) is 4.08. The molecule has 1 aromatic heterocycles. The Hall–Kier alpha value is -0.740. The third-order valence-electron chi connectivity index (χ3n) is 2.43. The molecule has 1 aliphatic heterocycles. The zero-order chi connectivity index (χ0) is 9.80. The molecule has 0 aliphatic carbocycles. The average Bonchev–Trinajstić information content (AvgIpc) is 2.72. The molecule has 3 nitrogen and oxygen atoms in total. The third-order valence-corrected chi connectivity index (χ3v) is 3.93. The van der Waals surface area contributed by atoms with E-state index in [-0.39, 0.29) is 0 Å². The zero-order valence-corrected chi connectivity index (χ0v) is 8.80. The van der Waals surface area contributed by atoms with Crippen LogP contribution < -0.4 is 5.32 Å². The van der Waals surface area contributed by atoms with E-state index >= 15 is 0 Å². The molecule has 0 spiro atoms. The highest BCUT2D eigenvalue weighted by molar-refractivity contribution is 7.85. The molecule has 0 amide bonds. The first kappa shape index (κ1) is 9.80. The van der Waals surface area contributed by atoms with Crippen molar-refractivity contribution in [3.8, 4) is 0 Å². The van der Waals surface area contributed by atoms with E-state index in [4.69, 9.17) is 0 Å². The Bertz CT molecular complexity index is 309. The van der Waals surface area contributed by atoms with Crippen molar-refractivity contribution in [2.45, 2.75) is 23.8 Å². The van der Waals surface area contributed by atoms with Gasteiger partial charge in [0.05, 0.1) is 10.8 Å². The molecular formula is C10H14N2OS. The van der Waals surface area contributed by atoms with Crippen LogP contribution in [0.5, 0.6) is 0 Å². The summed E-state index contributed by atoms with van der Waals surface area (Å²) in [5.74, 6) is 0.726. The molecule has 4 heteroatoms. The SMILES string of the molecule is O=[S@@](C[C@@H]1CCCN1)c1ccncc1. The van der Waals surface area contributed by atoms with Gasteiger partial charge in [0, 0.05) is 29.1 Å². The standard InChI is InChI=1S/C10H14N2OS/c13-14(8-9-2-1-5-12-9)10-3-6-11-7-4-10/h3-4,6-7,9,12H,1-2,5,8H2/t9-,14-/m0/s1. The monoisotopic (exact) mass is 210 g/mol. The summed E-state index contributed by atoms with van der Waals surface area (Å²) in [4.78, 5) is 4.79. The van der Waals surface area contributed by atoms with Crippen molar-refractivity contribution >= 4 is 10.8 Å². The minimum atomic E-state index is -0.876. The summed E-state index contributed by atoms with van der Waals surface area (Å²) in [5, 5.41) is 3.35. The molecule has 0 aromatic carbocycles. The molecule has 1 N–H and O–H groups in total. The van der Waals surface area contributed by atoms with Gasteiger partial charge >= 0.3 is 0 Å². The lowest BCUT2D eigenvalue weighted by Gasteiger charge is -2.08. The number of rotatable bonds is 3. The molecule has 14 heavy (non-hydrogen) atoms. The molecule has 0 radical (unpaired) electrons. The Balaban J connectivity index is 1.95. The number of pyridine rings is 1. The minimum absolute atomic E-state index is 0.434. The van der Waals surface area contributed by atoms with Crippen LogP contribution in [0.15, 0.2) is 29.4 Å². The Morgan fingerprint density at radius 2 is 2.29 bits per heavy atom. The molecule has 0 bridgehead atoms. The van der Waals surface area contributed by atoms with Gasteiger partial charge in [0.15, 0.2) is 0 Å². The van der Waals surface area contributed by atoms with Crippen molar-refractivity contribution < 1.29 is 4.21 Å². The fourth-order valence-corrected chi connectivity index (χ4v) is 2.94. The zero-order valence-electron chi connectivity index (χ0n) is 7.98. The molecule has 2 atom stereocenters. The van der Waals surface area contributed by atoms with E-state index in [1.165, 1.54) is 6.42 Å². The van der Waals surface area contributed by atoms with Crippen LogP contribution in [-0.4, -0.2) is 27.5 Å². The molecule has 0 unspecified atom stereocenters. The Morgan fingerprint density at radius 1 is 1.50 bits per heavy atom. The van der Waals surface area contributed by atoms with Gasteiger partial charge in [-0.25, -0.2) is 0 Å². The van der Waals surface area contributed by atoms with Crippen LogP contribution in [0.25, 0.3) is 0 Å². The lowest BCUT2D eigenvalue weighted by Crippen LogP contribution is -2.27. The average molecular weight is 210 g/mol. The molecule has 2 heterocycles. The smallest absolute Gasteiger partial charge is 0.0546 e. The maximum Gasteiger partial charge on any atom is 0.0546 e. The Labute approximate surface area is 86.4 Å². The van der Waals surface area contributed by atoms with E-state index in [2.05, 4.69) is 10.3 Å². The van der Waals surface area contributed by atoms with Crippen LogP contribution in [0, 0.1) is 0 Å². The van der Waals surface area contributed by atoms with Gasteiger partial charge in [-0.15, -0.1) is 0 Å². The summed E-state index contributed by atoms with van der Waals surface area (Å²) in [7, 11) is -0.876. The van der Waals surface area contributed by atoms with Crippen LogP contribution in [0.3, 0.4) is 0 Å². The number of aromatic nitrogens is 1. The van der Waals surface area contributed by atoms with Crippen LogP contribution >= 0.6 is 0 Å². The third kappa shape index (κ3) is 2.39. The molecule has 0 saturated carbocycles. The van der Waals surface area contributed by atoms with Gasteiger partial charge < -0.3 is 5.32 Å². The second kappa shape index (κ2) is 4.66. The van der Waals surface area contributed by atoms with Gasteiger partial charge in [-0.05, 0) is 31.5 Å². The van der Waals surface area contributed by atoms with E-state index in [1.807, 2.05) is 12.1 Å². The van der Waals surface area contributed by atoms with Gasteiger partial charge in [-0.1, -0.05) is 0 Å². The van der Waals surface area contributed by atoms with E-state index < -0.39 is 10.8 Å². The van der Waals surface area contributed by atoms with Gasteiger partial charge in [-0.2, -0.15) is 0 Å². The van der Waals surface area contributed by atoms with Gasteiger partial charge in [0.2, 0.25) is 0 Å². The quantitative estimate of drug-likeness (QED) is 0.807. The number of nitrogens with zero attached hydrogens (tertiary/aromatic N) is 1. The normalized spacial score (nSPS) is 23.6. The van der Waals surface area contributed by atoms with Crippen LogP contribution in [0.2, 0.25) is 0 Å². The molecular weight excluding hydrogens is 196 g/mol. The second-order valence-electron chi connectivity index (χ2n) is 3.49. The van der Waals surface area contributed by atoms with Gasteiger partial charge in [0.1, 0.15) is 0 Å². The summed E-state index contributed by atoms with van der Waals surface area (Å²) in [6.07, 6.45) is 5.74. The van der Waals surface area contributed by atoms with Crippen molar-refractivity contribution in [2.24, 2.45) is 0 Å². The van der Waals surface area contributed by atoms with E-state index in [1.54, 1.807) is 12.4 Å². The molecule has 1 aliphatic rings. The second-order valence-corrected chi connectivity index (χ2v) is 4.98. The van der Waals surface area contributed by atoms with Gasteiger partial charge in [-0.3, -0.25) is 9.19 Å². The highest BCUT2D eigenvalue weighted by atomic mass is 32.2. The predicted molar refractivity (Wildman–Crippen MR) is 56.5 cm³/mol. The van der Waals surface area contributed by atoms with Crippen molar-refractivity contribution in [2.75, 3.05) is 12.3 Å². The van der Waals surface area contributed by atoms with E-state index in [0.717, 1.165) is 23.6 Å². The lowest BCUT2D eigenvalue weighted by molar-refractivity contribution is 0.643. The first-order valence-corrected chi connectivity index (χ1v) is 6.20. The van der Waals surface area contributed by atoms with Crippen LogP contribution in [0.1, 0.15) is 12.8 Å². The summed E-state index contributed by atoms with van der Waals surface area (Å²) in [6.45, 7) is 1.07. The maximum absolute atomic E-state index is 11.8. The van der Waals surface area contributed by atoms with Crippen molar-refractivity contribution in [3.63, 3.8) is 0 Å². The number of hydrogen-bond acceptors (Lipinski definition) is 3. The van der Waals surface area contributed by atoms with Crippen molar-refractivity contribution in [1.82, 2.24) is 10.3 Å². The van der Waals surface area contributed by atoms with Gasteiger partial charge in [0.25, 0.3) is 0 Å². The maximum atomic E-state index is 11.8. The molecule has 2 rings (SSSR count). The topological polar surface area (TPSA) is 42.0 Å². The summed E-state index contributed by atoms with van der Waals surface area (Å²) in [5.41, 5.74) is 0. The minimum Gasteiger partial charge on any atom is -0.313 e. The Kier molecular flexibility index (Phi) is 3.26. The Morgan fingerprint density at radius 3 is 2.93 bits per heavy atom. The molecule has 76 valence electrons. The van der Waals surface area contributed by atoms with Crippen molar-refractivity contribution in [1.29, 1.82) is 0 Å². The fraction of sp³-hybridized carbons (Fsp3) is 0.500.